The average molecular weight is 239 g/mol. The first-order chi connectivity index (χ1) is 8.70. The molecule has 2 aromatic heterocycles. The summed E-state index contributed by atoms with van der Waals surface area (Å²) in [5.74, 6) is 0.629. The molecule has 0 radical (unpaired) electrons. The van der Waals surface area contributed by atoms with Crippen LogP contribution in [0.15, 0.2) is 30.6 Å². The Morgan fingerprint density at radius 3 is 2.94 bits per heavy atom. The molecule has 2 aromatic rings. The van der Waals surface area contributed by atoms with Crippen molar-refractivity contribution in [3.05, 3.63) is 47.4 Å². The number of hydrogen-bond donors (Lipinski definition) is 2. The zero-order valence-corrected chi connectivity index (χ0v) is 10.0. The van der Waals surface area contributed by atoms with Crippen LogP contribution in [0.2, 0.25) is 0 Å². The molecular weight excluding hydrogens is 226 g/mol. The first-order valence-electron chi connectivity index (χ1n) is 5.50. The van der Waals surface area contributed by atoms with Gasteiger partial charge in [-0.3, -0.25) is 4.98 Å². The Labute approximate surface area is 105 Å². The second kappa shape index (κ2) is 5.15. The summed E-state index contributed by atoms with van der Waals surface area (Å²) in [5.41, 5.74) is 8.49. The number of nitriles is 1. The number of nitrogens with zero attached hydrogens (tertiary/aromatic N) is 3. The van der Waals surface area contributed by atoms with Gasteiger partial charge < -0.3 is 11.1 Å². The molecule has 0 bridgehead atoms. The molecule has 18 heavy (non-hydrogen) atoms. The molecule has 0 aliphatic heterocycles. The van der Waals surface area contributed by atoms with Gasteiger partial charge in [0.15, 0.2) is 5.69 Å². The summed E-state index contributed by atoms with van der Waals surface area (Å²) in [6.07, 6.45) is 3.57. The van der Waals surface area contributed by atoms with Gasteiger partial charge >= 0.3 is 0 Å². The standard InChI is InChI=1S/C13H13N5/c1-9-4-5-16-7-10(9)8-17-13-3-2-11(15)12(6-14)18-13/h2-5,7H,8,15H2,1H3,(H,17,18). The summed E-state index contributed by atoms with van der Waals surface area (Å²) >= 11 is 0. The van der Waals surface area contributed by atoms with Gasteiger partial charge in [-0.15, -0.1) is 0 Å². The predicted molar refractivity (Wildman–Crippen MR) is 69.7 cm³/mol. The van der Waals surface area contributed by atoms with Crippen LogP contribution >= 0.6 is 0 Å². The van der Waals surface area contributed by atoms with Crippen LogP contribution < -0.4 is 11.1 Å². The molecule has 0 saturated carbocycles. The van der Waals surface area contributed by atoms with E-state index in [1.807, 2.05) is 25.3 Å². The number of rotatable bonds is 3. The van der Waals surface area contributed by atoms with Crippen LogP contribution in [0.3, 0.4) is 0 Å². The van der Waals surface area contributed by atoms with Gasteiger partial charge in [-0.1, -0.05) is 0 Å². The molecule has 0 atom stereocenters. The lowest BCUT2D eigenvalue weighted by Crippen LogP contribution is -2.05. The molecule has 0 aliphatic carbocycles. The summed E-state index contributed by atoms with van der Waals surface area (Å²) in [7, 11) is 0. The molecule has 0 saturated heterocycles. The fourth-order valence-corrected chi connectivity index (χ4v) is 1.53. The molecule has 5 heteroatoms. The molecule has 5 nitrogen and oxygen atoms in total. The number of hydrogen-bond acceptors (Lipinski definition) is 5. The average Bonchev–Trinajstić information content (AvgIpc) is 2.39. The van der Waals surface area contributed by atoms with Crippen molar-refractivity contribution in [2.24, 2.45) is 0 Å². The van der Waals surface area contributed by atoms with E-state index in [0.717, 1.165) is 11.1 Å². The van der Waals surface area contributed by atoms with E-state index in [2.05, 4.69) is 15.3 Å². The molecule has 0 aliphatic rings. The fourth-order valence-electron chi connectivity index (χ4n) is 1.53. The number of anilines is 2. The lowest BCUT2D eigenvalue weighted by molar-refractivity contribution is 1.06. The van der Waals surface area contributed by atoms with Crippen molar-refractivity contribution in [1.82, 2.24) is 9.97 Å². The van der Waals surface area contributed by atoms with Gasteiger partial charge in [0.1, 0.15) is 11.9 Å². The van der Waals surface area contributed by atoms with E-state index >= 15 is 0 Å². The Morgan fingerprint density at radius 2 is 2.22 bits per heavy atom. The maximum Gasteiger partial charge on any atom is 0.165 e. The molecule has 0 unspecified atom stereocenters. The van der Waals surface area contributed by atoms with Gasteiger partial charge in [-0.05, 0) is 36.2 Å². The molecule has 3 N–H and O–H groups in total. The van der Waals surface area contributed by atoms with Crippen molar-refractivity contribution in [2.75, 3.05) is 11.1 Å². The van der Waals surface area contributed by atoms with Gasteiger partial charge in [0.25, 0.3) is 0 Å². The summed E-state index contributed by atoms with van der Waals surface area (Å²) in [6, 6.07) is 7.33. The van der Waals surface area contributed by atoms with Crippen molar-refractivity contribution < 1.29 is 0 Å². The highest BCUT2D eigenvalue weighted by molar-refractivity contribution is 5.54. The summed E-state index contributed by atoms with van der Waals surface area (Å²) in [4.78, 5) is 8.19. The fraction of sp³-hybridized carbons (Fsp3) is 0.154. The van der Waals surface area contributed by atoms with Gasteiger partial charge in [0, 0.05) is 18.9 Å². The number of nitrogens with two attached hydrogens (primary N) is 1. The second-order valence-electron chi connectivity index (χ2n) is 3.90. The molecule has 0 aromatic carbocycles. The van der Waals surface area contributed by atoms with Crippen LogP contribution in [0.1, 0.15) is 16.8 Å². The van der Waals surface area contributed by atoms with E-state index in [4.69, 9.17) is 11.0 Å². The number of nitrogen functional groups attached to an aromatic ring is 1. The Kier molecular flexibility index (Phi) is 3.39. The molecule has 2 rings (SSSR count). The Balaban J connectivity index is 2.12. The van der Waals surface area contributed by atoms with Gasteiger partial charge in [-0.2, -0.15) is 5.26 Å². The van der Waals surface area contributed by atoms with Crippen LogP contribution in [0.25, 0.3) is 0 Å². The Morgan fingerprint density at radius 1 is 1.39 bits per heavy atom. The summed E-state index contributed by atoms with van der Waals surface area (Å²) in [5, 5.41) is 12.0. The van der Waals surface area contributed by atoms with E-state index in [-0.39, 0.29) is 5.69 Å². The molecule has 0 fully saturated rings. The highest BCUT2D eigenvalue weighted by Crippen LogP contribution is 2.13. The lowest BCUT2D eigenvalue weighted by atomic mass is 10.1. The van der Waals surface area contributed by atoms with Crippen molar-refractivity contribution in [2.45, 2.75) is 13.5 Å². The Bertz CT molecular complexity index is 601. The SMILES string of the molecule is Cc1ccncc1CNc1ccc(N)c(C#N)n1. The minimum absolute atomic E-state index is 0.239. The van der Waals surface area contributed by atoms with Crippen molar-refractivity contribution >= 4 is 11.5 Å². The van der Waals surface area contributed by atoms with E-state index in [9.17, 15) is 0 Å². The van der Waals surface area contributed by atoms with Gasteiger partial charge in [-0.25, -0.2) is 4.98 Å². The molecule has 0 amide bonds. The predicted octanol–water partition coefficient (Wildman–Crippen LogP) is 1.85. The minimum atomic E-state index is 0.239. The van der Waals surface area contributed by atoms with Crippen LogP contribution in [-0.4, -0.2) is 9.97 Å². The van der Waals surface area contributed by atoms with Crippen LogP contribution in [0, 0.1) is 18.3 Å². The maximum absolute atomic E-state index is 8.84. The highest BCUT2D eigenvalue weighted by atomic mass is 15.0. The van der Waals surface area contributed by atoms with Crippen molar-refractivity contribution in [3.8, 4) is 6.07 Å². The summed E-state index contributed by atoms with van der Waals surface area (Å²) in [6.45, 7) is 2.64. The zero-order valence-electron chi connectivity index (χ0n) is 10.0. The number of aryl methyl sites for hydroxylation is 1. The normalized spacial score (nSPS) is 9.78. The monoisotopic (exact) mass is 239 g/mol. The third kappa shape index (κ3) is 2.55. The van der Waals surface area contributed by atoms with E-state index < -0.39 is 0 Å². The second-order valence-corrected chi connectivity index (χ2v) is 3.90. The van der Waals surface area contributed by atoms with Crippen LogP contribution in [0.5, 0.6) is 0 Å². The number of nitrogens with one attached hydrogen (secondary N) is 1. The minimum Gasteiger partial charge on any atom is -0.396 e. The topological polar surface area (TPSA) is 87.6 Å². The third-order valence-corrected chi connectivity index (χ3v) is 2.64. The molecule has 90 valence electrons. The first-order valence-corrected chi connectivity index (χ1v) is 5.50. The van der Waals surface area contributed by atoms with E-state index in [1.54, 1.807) is 18.3 Å². The molecule has 0 spiro atoms. The largest absolute Gasteiger partial charge is 0.396 e. The van der Waals surface area contributed by atoms with Crippen molar-refractivity contribution in [1.29, 1.82) is 5.26 Å². The Hall–Kier alpha value is -2.61. The number of pyridine rings is 2. The van der Waals surface area contributed by atoms with Gasteiger partial charge in [0.05, 0.1) is 5.69 Å². The van der Waals surface area contributed by atoms with Crippen molar-refractivity contribution in [3.63, 3.8) is 0 Å². The summed E-state index contributed by atoms with van der Waals surface area (Å²) < 4.78 is 0. The van der Waals surface area contributed by atoms with Gasteiger partial charge in [0.2, 0.25) is 0 Å². The van der Waals surface area contributed by atoms with Crippen LogP contribution in [0.4, 0.5) is 11.5 Å². The highest BCUT2D eigenvalue weighted by Gasteiger charge is 2.03. The van der Waals surface area contributed by atoms with Crippen LogP contribution in [-0.2, 0) is 6.54 Å². The van der Waals surface area contributed by atoms with E-state index in [1.165, 1.54) is 0 Å². The maximum atomic E-state index is 8.84. The third-order valence-electron chi connectivity index (χ3n) is 2.64. The molecule has 2 heterocycles. The quantitative estimate of drug-likeness (QED) is 0.853. The smallest absolute Gasteiger partial charge is 0.165 e. The zero-order chi connectivity index (χ0) is 13.0. The molecular formula is C13H13N5. The first kappa shape index (κ1) is 11.9. The number of aromatic nitrogens is 2. The van der Waals surface area contributed by atoms with E-state index in [0.29, 0.717) is 18.1 Å². The lowest BCUT2D eigenvalue weighted by Gasteiger charge is -2.08.